The molecule has 9 amide bonds. The van der Waals surface area contributed by atoms with E-state index in [1.807, 2.05) is 65.8 Å². The molecule has 0 bridgehead atoms. The smallest absolute Gasteiger partial charge is 0.243 e. The molecular weight excluding hydrogens is 1030 g/mol. The number of aromatic amines is 2. The molecule has 0 aliphatic rings. The minimum absolute atomic E-state index is 0.0294. The summed E-state index contributed by atoms with van der Waals surface area (Å²) in [6.45, 7) is 15.8. The Morgan fingerprint density at radius 1 is 0.588 bits per heavy atom. The minimum atomic E-state index is -1.35. The van der Waals surface area contributed by atoms with Crippen molar-refractivity contribution in [1.29, 1.82) is 0 Å². The number of nitrogens with zero attached hydrogens (tertiary/aromatic N) is 1. The van der Waals surface area contributed by atoms with Crippen molar-refractivity contribution in [1.82, 2.24) is 57.5 Å². The SMILES string of the molecule is CC(C)CC(O)[C@H](CC(C)C)NC(=O)[C@H](CC(C)C)NC(=O)[C@H](Cc1cnc[nH]1)NC(=O)CNC(=O)[C@@H](NC(=O)[C@H](C)NC(=O)[C@H](Cc1c[nH]c2ccccc12)NC(=O)[C@H](CCC(N)=O)NC(=O)[C@H](N)Cc1ccccc1)C(C)C. The van der Waals surface area contributed by atoms with Gasteiger partial charge < -0.3 is 69.1 Å². The fourth-order valence-corrected chi connectivity index (χ4v) is 9.06. The highest BCUT2D eigenvalue weighted by molar-refractivity contribution is 5.98. The van der Waals surface area contributed by atoms with Crippen molar-refractivity contribution in [2.24, 2.45) is 35.1 Å². The Morgan fingerprint density at radius 3 is 1.80 bits per heavy atom. The lowest BCUT2D eigenvalue weighted by Crippen LogP contribution is -2.59. The van der Waals surface area contributed by atoms with Crippen molar-refractivity contribution in [3.63, 3.8) is 0 Å². The molecule has 0 spiro atoms. The van der Waals surface area contributed by atoms with Crippen LogP contribution in [0.15, 0.2) is 73.3 Å². The normalized spacial score (nSPS) is 14.9. The van der Waals surface area contributed by atoms with Gasteiger partial charge in [0, 0.05) is 48.3 Å². The van der Waals surface area contributed by atoms with Crippen molar-refractivity contribution in [3.05, 3.63) is 90.1 Å². The third kappa shape index (κ3) is 21.5. The number of hydrogen-bond acceptors (Lipinski definition) is 12. The molecular formula is C57H85N13O10. The quantitative estimate of drug-likeness (QED) is 0.0320. The second-order valence-electron chi connectivity index (χ2n) is 22.2. The maximum Gasteiger partial charge on any atom is 0.243 e. The zero-order chi connectivity index (χ0) is 59.2. The summed E-state index contributed by atoms with van der Waals surface area (Å²) in [6.07, 6.45) is 4.52. The highest BCUT2D eigenvalue weighted by Crippen LogP contribution is 2.20. The predicted octanol–water partition coefficient (Wildman–Crippen LogP) is 1.20. The van der Waals surface area contributed by atoms with Gasteiger partial charge in [-0.3, -0.25) is 43.2 Å². The van der Waals surface area contributed by atoms with Gasteiger partial charge in [-0.25, -0.2) is 4.98 Å². The molecule has 2 aromatic heterocycles. The van der Waals surface area contributed by atoms with Gasteiger partial charge in [-0.05, 0) is 79.9 Å². The van der Waals surface area contributed by atoms with Crippen molar-refractivity contribution in [3.8, 4) is 0 Å². The molecule has 0 saturated carbocycles. The molecule has 1 unspecified atom stereocenters. The molecule has 0 radical (unpaired) electrons. The van der Waals surface area contributed by atoms with Crippen molar-refractivity contribution >= 4 is 64.1 Å². The zero-order valence-electron chi connectivity index (χ0n) is 47.5. The van der Waals surface area contributed by atoms with Crippen LogP contribution in [0.25, 0.3) is 10.9 Å². The van der Waals surface area contributed by atoms with Gasteiger partial charge in [0.2, 0.25) is 53.2 Å². The summed E-state index contributed by atoms with van der Waals surface area (Å²) < 4.78 is 0. The van der Waals surface area contributed by atoms with Gasteiger partial charge in [-0.2, -0.15) is 0 Å². The molecule has 9 atom stereocenters. The summed E-state index contributed by atoms with van der Waals surface area (Å²) >= 11 is 0. The second-order valence-corrected chi connectivity index (χ2v) is 22.2. The number of benzene rings is 2. The number of rotatable bonds is 33. The number of fused-ring (bicyclic) bond motifs is 1. The number of aliphatic hydroxyl groups is 1. The lowest BCUT2D eigenvalue weighted by molar-refractivity contribution is -0.135. The van der Waals surface area contributed by atoms with Crippen molar-refractivity contribution < 1.29 is 48.3 Å². The largest absolute Gasteiger partial charge is 0.391 e. The van der Waals surface area contributed by atoms with Gasteiger partial charge in [0.05, 0.1) is 31.1 Å². The molecule has 2 heterocycles. The van der Waals surface area contributed by atoms with Gasteiger partial charge in [-0.15, -0.1) is 0 Å². The Kier molecular flexibility index (Phi) is 25.8. The number of carbonyl (C=O) groups is 9. The molecule has 438 valence electrons. The Bertz CT molecular complexity index is 2680. The van der Waals surface area contributed by atoms with Crippen LogP contribution in [0.4, 0.5) is 0 Å². The summed E-state index contributed by atoms with van der Waals surface area (Å²) in [5.41, 5.74) is 14.3. The van der Waals surface area contributed by atoms with Crippen molar-refractivity contribution in [2.75, 3.05) is 6.54 Å². The third-order valence-corrected chi connectivity index (χ3v) is 13.3. The molecule has 80 heavy (non-hydrogen) atoms. The molecule has 23 heteroatoms. The monoisotopic (exact) mass is 1110 g/mol. The topological polar surface area (TPSA) is 367 Å². The highest BCUT2D eigenvalue weighted by atomic mass is 16.3. The standard InChI is InChI=1S/C57H85N13O10/c1-31(2)21-43(47(71)23-33(5)6)67-55(78)44(22-32(3)4)68-56(79)46(26-38-28-60-30-63-38)65-49(73)29-62-57(80)50(34(7)8)70-51(74)35(9)64-54(77)45(25-37-27-61-41-18-14-13-17-39(37)41)69-53(76)42(19-20-48(59)72)66-52(75)40(58)24-36-15-11-10-12-16-36/h10-18,27-28,30-35,40,42-47,50,61,71H,19-26,29,58H2,1-9H3,(H2,59,72)(H,60,63)(H,62,80)(H,64,77)(H,65,73)(H,66,75)(H,67,78)(H,68,79)(H,69,76)(H,70,74)/t35-,40+,42-,43-,44-,45-,46-,47?,50-/m0/s1. The first-order chi connectivity index (χ1) is 37.8. The van der Waals surface area contributed by atoms with Crippen LogP contribution in [0.5, 0.6) is 0 Å². The van der Waals surface area contributed by atoms with E-state index in [-0.39, 0.29) is 56.3 Å². The number of carbonyl (C=O) groups excluding carboxylic acids is 9. The number of primary amides is 1. The van der Waals surface area contributed by atoms with E-state index >= 15 is 0 Å². The summed E-state index contributed by atoms with van der Waals surface area (Å²) in [4.78, 5) is 133. The van der Waals surface area contributed by atoms with E-state index in [9.17, 15) is 48.3 Å². The molecule has 2 aromatic carbocycles. The number of imidazole rings is 1. The second kappa shape index (κ2) is 31.8. The summed E-state index contributed by atoms with van der Waals surface area (Å²) in [6, 6.07) is 7.20. The number of hydrogen-bond donors (Lipinski definition) is 13. The Balaban J connectivity index is 1.45. The van der Waals surface area contributed by atoms with Crippen LogP contribution >= 0.6 is 0 Å². The molecule has 4 rings (SSSR count). The lowest BCUT2D eigenvalue weighted by Gasteiger charge is -2.30. The van der Waals surface area contributed by atoms with Crippen LogP contribution < -0.4 is 54.0 Å². The number of H-pyrrole nitrogens is 2. The molecule has 15 N–H and O–H groups in total. The Morgan fingerprint density at radius 2 is 1.18 bits per heavy atom. The van der Waals surface area contributed by atoms with E-state index in [2.05, 4.69) is 57.5 Å². The lowest BCUT2D eigenvalue weighted by atomic mass is 9.93. The van der Waals surface area contributed by atoms with E-state index in [1.165, 1.54) is 19.4 Å². The van der Waals surface area contributed by atoms with Crippen LogP contribution in [0.2, 0.25) is 0 Å². The minimum Gasteiger partial charge on any atom is -0.391 e. The molecule has 0 aliphatic carbocycles. The van der Waals surface area contributed by atoms with Crippen LogP contribution in [-0.4, -0.2) is 134 Å². The maximum absolute atomic E-state index is 14.2. The number of amides is 9. The van der Waals surface area contributed by atoms with Crippen molar-refractivity contribution in [2.45, 2.75) is 168 Å². The van der Waals surface area contributed by atoms with Gasteiger partial charge in [-0.1, -0.05) is 104 Å². The number of aromatic nitrogens is 3. The van der Waals surface area contributed by atoms with Gasteiger partial charge in [0.1, 0.15) is 36.3 Å². The Labute approximate surface area is 468 Å². The van der Waals surface area contributed by atoms with E-state index in [1.54, 1.807) is 50.4 Å². The summed E-state index contributed by atoms with van der Waals surface area (Å²) in [7, 11) is 0. The molecule has 0 saturated heterocycles. The molecule has 4 aromatic rings. The van der Waals surface area contributed by atoms with Crippen LogP contribution in [0, 0.1) is 23.7 Å². The molecule has 0 aliphatic heterocycles. The fraction of sp³-hybridized carbons (Fsp3) is 0.544. The average molecular weight is 1110 g/mol. The highest BCUT2D eigenvalue weighted by Gasteiger charge is 2.34. The first kappa shape index (κ1) is 64.9. The van der Waals surface area contributed by atoms with Gasteiger partial charge >= 0.3 is 0 Å². The molecule has 23 nitrogen and oxygen atoms in total. The van der Waals surface area contributed by atoms with Crippen LogP contribution in [0.3, 0.4) is 0 Å². The number of para-hydroxylation sites is 1. The first-order valence-corrected chi connectivity index (χ1v) is 27.5. The zero-order valence-corrected chi connectivity index (χ0v) is 47.5. The predicted molar refractivity (Wildman–Crippen MR) is 302 cm³/mol. The number of nitrogens with two attached hydrogens (primary N) is 2. The van der Waals surface area contributed by atoms with E-state index in [4.69, 9.17) is 11.5 Å². The number of aliphatic hydroxyl groups excluding tert-OH is 1. The van der Waals surface area contributed by atoms with E-state index < -0.39 is 120 Å². The summed E-state index contributed by atoms with van der Waals surface area (Å²) in [5.74, 6) is -6.71. The summed E-state index contributed by atoms with van der Waals surface area (Å²) in [5, 5.41) is 33.3. The fourth-order valence-electron chi connectivity index (χ4n) is 9.06. The van der Waals surface area contributed by atoms with E-state index in [0.29, 0.717) is 24.1 Å². The average Bonchev–Trinajstić information content (AvgIpc) is 4.07. The van der Waals surface area contributed by atoms with E-state index in [0.717, 1.165) is 16.5 Å². The third-order valence-electron chi connectivity index (χ3n) is 13.3. The first-order valence-electron chi connectivity index (χ1n) is 27.5. The van der Waals surface area contributed by atoms with Gasteiger partial charge in [0.15, 0.2) is 0 Å². The maximum atomic E-state index is 14.2. The van der Waals surface area contributed by atoms with Crippen LogP contribution in [0.1, 0.15) is 111 Å². The van der Waals surface area contributed by atoms with Gasteiger partial charge in [0.25, 0.3) is 0 Å². The molecule has 0 fully saturated rings. The Hall–Kier alpha value is -7.66. The van der Waals surface area contributed by atoms with Crippen LogP contribution in [-0.2, 0) is 62.4 Å². The number of nitrogens with one attached hydrogen (secondary N) is 10.